The third-order valence-corrected chi connectivity index (χ3v) is 25.5. The number of aliphatic hydroxyl groups excluding tert-OH is 9. The van der Waals surface area contributed by atoms with Crippen molar-refractivity contribution in [3.8, 4) is 0 Å². The van der Waals surface area contributed by atoms with Gasteiger partial charge < -0.3 is 88.7 Å². The molecule has 3 fully saturated rings. The first-order chi connectivity index (χ1) is 58.1. The van der Waals surface area contributed by atoms with Crippen molar-refractivity contribution in [1.82, 2.24) is 0 Å². The molecule has 2 heterocycles. The van der Waals surface area contributed by atoms with Crippen molar-refractivity contribution in [3.05, 3.63) is 0 Å². The summed E-state index contributed by atoms with van der Waals surface area (Å²) in [7, 11) is -5.81. The number of ether oxygens (including phenoxy) is 8. The van der Waals surface area contributed by atoms with Crippen molar-refractivity contribution in [2.75, 3.05) is 26.4 Å². The Labute approximate surface area is 725 Å². The van der Waals surface area contributed by atoms with Crippen molar-refractivity contribution in [2.45, 2.75) is 543 Å². The van der Waals surface area contributed by atoms with E-state index in [1.807, 2.05) is 0 Å². The van der Waals surface area contributed by atoms with Crippen LogP contribution >= 0.6 is 7.82 Å². The maximum absolute atomic E-state index is 14.9. The summed E-state index contributed by atoms with van der Waals surface area (Å²) in [5, 5.41) is 102. The molecular weight excluding hydrogens is 1560 g/mol. The average Bonchev–Trinajstić information content (AvgIpc) is 0.754. The lowest BCUT2D eigenvalue weighted by molar-refractivity contribution is -0.360. The summed E-state index contributed by atoms with van der Waals surface area (Å²) in [4.78, 5) is 66.6. The molecule has 0 aromatic heterocycles. The lowest BCUT2D eigenvalue weighted by Gasteiger charge is -2.50. The van der Waals surface area contributed by atoms with Crippen LogP contribution in [0.2, 0.25) is 0 Å². The number of esters is 4. The molecule has 0 bridgehead atoms. The lowest BCUT2D eigenvalue weighted by atomic mass is 9.84. The van der Waals surface area contributed by atoms with E-state index >= 15 is 0 Å². The molecule has 19 unspecified atom stereocenters. The Hall–Kier alpha value is -2.53. The molecule has 19 atom stereocenters. The number of unbranched alkanes of at least 4 members (excludes halogenated alkanes) is 52. The van der Waals surface area contributed by atoms with Gasteiger partial charge in [0, 0.05) is 25.7 Å². The monoisotopic (exact) mass is 1740 g/mol. The molecule has 2 aliphatic heterocycles. The van der Waals surface area contributed by atoms with Gasteiger partial charge in [0.15, 0.2) is 24.8 Å². The SMILES string of the molecule is CCCCCCCCCCCCCCCCCCC(=O)OC(COC(=O)CCCCCCCCC(C)CCCCCCCC)COP(=O)(O)OC1C(OC2OC(CO)C(O)C(O)C2O)C(O)C(O)C(OC(=O)CCCCCCCCCCCCCCCCCC)C1OC1OC(COC(=O)CCCCCCCCCCCCCCC)C(O)C(O)C1O. The van der Waals surface area contributed by atoms with Crippen LogP contribution in [0.1, 0.15) is 439 Å². The highest BCUT2D eigenvalue weighted by Crippen LogP contribution is 2.49. The third kappa shape index (κ3) is 52.1. The smallest absolute Gasteiger partial charge is 0.463 e. The minimum Gasteiger partial charge on any atom is -0.463 e. The molecule has 120 heavy (non-hydrogen) atoms. The van der Waals surface area contributed by atoms with E-state index < -0.39 is 162 Å². The molecule has 0 spiro atoms. The standard InChI is InChI=1S/C94H177O25P/c1-6-10-14-18-22-25-28-31-33-35-38-41-44-47-55-61-67-79(98)113-74(70-110-77(96)65-59-54-50-49-52-58-64-73(5)63-57-51-21-17-13-9-4)71-112-120(108,109)119-92-90(117-93-87(106)83(102)81(100)75(69-95)114-93)86(105)85(104)89(116-80(99)68-62-56-48-45-42-39-36-34-32-29-26-23-19-15-11-7-2)91(92)118-94-88(107)84(103)82(101)76(115-94)72-111-78(97)66-60-53-46-43-40-37-30-27-24-20-16-12-8-3/h73-76,81-95,100-107H,6-72H2,1-5H3,(H,108,109). The number of rotatable bonds is 80. The predicted octanol–water partition coefficient (Wildman–Crippen LogP) is 18.8. The zero-order valence-electron chi connectivity index (χ0n) is 75.8. The average molecular weight is 1740 g/mol. The number of phosphoric ester groups is 1. The largest absolute Gasteiger partial charge is 0.472 e. The van der Waals surface area contributed by atoms with E-state index in [0.29, 0.717) is 38.0 Å². The van der Waals surface area contributed by atoms with Gasteiger partial charge in [-0.3, -0.25) is 28.2 Å². The molecule has 2 saturated heterocycles. The highest BCUT2D eigenvalue weighted by molar-refractivity contribution is 7.47. The van der Waals surface area contributed by atoms with Crippen LogP contribution in [0.5, 0.6) is 0 Å². The molecule has 708 valence electrons. The minimum absolute atomic E-state index is 0.0195. The first-order valence-electron chi connectivity index (χ1n) is 49.2. The van der Waals surface area contributed by atoms with Gasteiger partial charge in [-0.1, -0.05) is 388 Å². The fourth-order valence-electron chi connectivity index (χ4n) is 16.6. The predicted molar refractivity (Wildman–Crippen MR) is 467 cm³/mol. The Kier molecular flexibility index (Phi) is 67.3. The fourth-order valence-corrected chi connectivity index (χ4v) is 17.6. The van der Waals surface area contributed by atoms with Gasteiger partial charge in [0.1, 0.15) is 92.6 Å². The van der Waals surface area contributed by atoms with Gasteiger partial charge in [-0.15, -0.1) is 0 Å². The molecule has 0 aromatic rings. The molecule has 1 aliphatic carbocycles. The van der Waals surface area contributed by atoms with Crippen LogP contribution in [0.3, 0.4) is 0 Å². The van der Waals surface area contributed by atoms with Crippen LogP contribution in [-0.2, 0) is 70.7 Å². The van der Waals surface area contributed by atoms with Crippen molar-refractivity contribution < 1.29 is 122 Å². The van der Waals surface area contributed by atoms with Gasteiger partial charge in [0.25, 0.3) is 0 Å². The molecule has 26 heteroatoms. The molecule has 3 aliphatic rings. The number of phosphoric acid groups is 1. The quantitative estimate of drug-likeness (QED) is 0.0117. The number of carbonyl (C=O) groups is 4. The van der Waals surface area contributed by atoms with Gasteiger partial charge in [-0.2, -0.15) is 0 Å². The zero-order valence-corrected chi connectivity index (χ0v) is 76.7. The Morgan fingerprint density at radius 3 is 0.992 bits per heavy atom. The summed E-state index contributed by atoms with van der Waals surface area (Å²) >= 11 is 0. The van der Waals surface area contributed by atoms with Crippen molar-refractivity contribution in [3.63, 3.8) is 0 Å². The highest BCUT2D eigenvalue weighted by atomic mass is 31.2. The summed E-state index contributed by atoms with van der Waals surface area (Å²) in [6, 6.07) is 0. The van der Waals surface area contributed by atoms with Crippen LogP contribution < -0.4 is 0 Å². The Morgan fingerprint density at radius 1 is 0.325 bits per heavy atom. The van der Waals surface area contributed by atoms with E-state index in [1.54, 1.807) is 0 Å². The summed E-state index contributed by atoms with van der Waals surface area (Å²) in [6.45, 7) is 7.99. The van der Waals surface area contributed by atoms with Crippen molar-refractivity contribution >= 4 is 31.7 Å². The molecule has 0 aromatic carbocycles. The Bertz CT molecular complexity index is 2500. The van der Waals surface area contributed by atoms with E-state index in [1.165, 1.54) is 218 Å². The Balaban J connectivity index is 1.91. The molecule has 25 nitrogen and oxygen atoms in total. The maximum atomic E-state index is 14.9. The fraction of sp³-hybridized carbons (Fsp3) is 0.957. The number of aliphatic hydroxyl groups is 9. The molecular formula is C94H177O25P. The second-order valence-electron chi connectivity index (χ2n) is 35.6. The van der Waals surface area contributed by atoms with Crippen molar-refractivity contribution in [2.24, 2.45) is 5.92 Å². The molecule has 10 N–H and O–H groups in total. The summed E-state index contributed by atoms with van der Waals surface area (Å²) in [5.74, 6) is -2.25. The maximum Gasteiger partial charge on any atom is 0.472 e. The van der Waals surface area contributed by atoms with E-state index in [2.05, 4.69) is 34.6 Å². The van der Waals surface area contributed by atoms with Crippen LogP contribution in [0.4, 0.5) is 0 Å². The van der Waals surface area contributed by atoms with Crippen LogP contribution in [0, 0.1) is 5.92 Å². The Morgan fingerprint density at radius 2 is 0.625 bits per heavy atom. The number of hydrogen-bond acceptors (Lipinski definition) is 24. The van der Waals surface area contributed by atoms with Gasteiger partial charge in [-0.25, -0.2) is 4.57 Å². The van der Waals surface area contributed by atoms with E-state index in [-0.39, 0.29) is 25.7 Å². The highest BCUT2D eigenvalue weighted by Gasteiger charge is 2.60. The molecule has 3 rings (SSSR count). The summed E-state index contributed by atoms with van der Waals surface area (Å²) in [6.07, 6.45) is 29.3. The van der Waals surface area contributed by atoms with Crippen LogP contribution in [-0.4, -0.2) is 205 Å². The van der Waals surface area contributed by atoms with Crippen molar-refractivity contribution in [1.29, 1.82) is 0 Å². The molecule has 1 saturated carbocycles. The van der Waals surface area contributed by atoms with E-state index in [4.69, 9.17) is 46.9 Å². The van der Waals surface area contributed by atoms with E-state index in [9.17, 15) is 74.6 Å². The normalized spacial score (nSPS) is 24.9. The second-order valence-corrected chi connectivity index (χ2v) is 37.0. The van der Waals surface area contributed by atoms with Crippen LogP contribution in [0.15, 0.2) is 0 Å². The topological polar surface area (TPSA) is 380 Å². The first kappa shape index (κ1) is 112. The van der Waals surface area contributed by atoms with Gasteiger partial charge >= 0.3 is 31.7 Å². The first-order valence-corrected chi connectivity index (χ1v) is 50.7. The zero-order chi connectivity index (χ0) is 87.6. The minimum atomic E-state index is -5.81. The summed E-state index contributed by atoms with van der Waals surface area (Å²) < 4.78 is 73.6. The number of carbonyl (C=O) groups excluding carboxylic acids is 4. The van der Waals surface area contributed by atoms with Gasteiger partial charge in [-0.05, 0) is 31.6 Å². The van der Waals surface area contributed by atoms with Gasteiger partial charge in [0.05, 0.1) is 13.2 Å². The van der Waals surface area contributed by atoms with Gasteiger partial charge in [0.2, 0.25) is 0 Å². The second kappa shape index (κ2) is 72.4. The van der Waals surface area contributed by atoms with E-state index in [0.717, 1.165) is 128 Å². The third-order valence-electron chi connectivity index (χ3n) is 24.5. The molecule has 0 amide bonds. The number of hydrogen-bond donors (Lipinski definition) is 10. The lowest BCUT2D eigenvalue weighted by Crippen LogP contribution is -2.70. The summed E-state index contributed by atoms with van der Waals surface area (Å²) in [5.41, 5.74) is 0. The van der Waals surface area contributed by atoms with Crippen LogP contribution in [0.25, 0.3) is 0 Å². The molecule has 0 radical (unpaired) electrons.